The molecule has 0 saturated heterocycles. The summed E-state index contributed by atoms with van der Waals surface area (Å²) in [6.45, 7) is -0.804. The molecule has 11 nitrogen and oxygen atoms in total. The van der Waals surface area contributed by atoms with Crippen molar-refractivity contribution in [1.82, 2.24) is 24.3 Å². The molecule has 1 aliphatic heterocycles. The number of alkyl halides is 3. The molecule has 1 atom stereocenters. The first-order valence-corrected chi connectivity index (χ1v) is 10.7. The number of hydrogen-bond donors (Lipinski definition) is 2. The highest BCUT2D eigenvalue weighted by atomic mass is 19.4. The molecule has 4 rings (SSSR count). The smallest absolute Gasteiger partial charge is 0.475 e. The lowest BCUT2D eigenvalue weighted by Gasteiger charge is -2.31. The van der Waals surface area contributed by atoms with Gasteiger partial charge in [-0.1, -0.05) is 18.2 Å². The summed E-state index contributed by atoms with van der Waals surface area (Å²) in [7, 11) is 1.72. The molecular formula is C22H20F5N7O4. The van der Waals surface area contributed by atoms with E-state index in [0.717, 1.165) is 20.5 Å². The number of rotatable bonds is 5. The third kappa shape index (κ3) is 6.08. The minimum atomic E-state index is -5.08. The Balaban J connectivity index is 0.000000505. The number of para-hydroxylation sites is 1. The monoisotopic (exact) mass is 541 g/mol. The highest BCUT2D eigenvalue weighted by Gasteiger charge is 2.38. The lowest BCUT2D eigenvalue weighted by Crippen LogP contribution is -2.37. The van der Waals surface area contributed by atoms with Crippen LogP contribution in [-0.2, 0) is 22.6 Å². The first kappa shape index (κ1) is 28.1. The molecule has 38 heavy (non-hydrogen) atoms. The molecular weight excluding hydrogens is 521 g/mol. The zero-order valence-electron chi connectivity index (χ0n) is 19.6. The fourth-order valence-electron chi connectivity index (χ4n) is 3.52. The Morgan fingerprint density at radius 2 is 1.82 bits per heavy atom. The van der Waals surface area contributed by atoms with Gasteiger partial charge in [0.1, 0.15) is 6.33 Å². The number of carbonyl (C=O) groups excluding carboxylic acids is 1. The van der Waals surface area contributed by atoms with Gasteiger partial charge in [0.2, 0.25) is 5.91 Å². The summed E-state index contributed by atoms with van der Waals surface area (Å²) in [6.07, 6.45) is -2.56. The highest BCUT2D eigenvalue weighted by molar-refractivity contribution is 6.00. The lowest BCUT2D eigenvalue weighted by molar-refractivity contribution is -0.192. The molecule has 0 radical (unpaired) electrons. The number of fused-ring (bicyclic) bond motifs is 1. The van der Waals surface area contributed by atoms with Crippen molar-refractivity contribution >= 4 is 17.6 Å². The molecule has 3 aromatic rings. The first-order valence-electron chi connectivity index (χ1n) is 10.7. The van der Waals surface area contributed by atoms with E-state index in [4.69, 9.17) is 15.6 Å². The first-order chi connectivity index (χ1) is 17.8. The van der Waals surface area contributed by atoms with E-state index in [9.17, 15) is 31.5 Å². The Morgan fingerprint density at radius 1 is 1.16 bits per heavy atom. The summed E-state index contributed by atoms with van der Waals surface area (Å²) in [4.78, 5) is 44.4. The number of aliphatic carboxylic acids is 1. The second-order valence-corrected chi connectivity index (χ2v) is 7.89. The molecule has 1 aliphatic rings. The van der Waals surface area contributed by atoms with E-state index in [0.29, 0.717) is 12.1 Å². The van der Waals surface area contributed by atoms with Gasteiger partial charge in [-0.05, 0) is 18.1 Å². The van der Waals surface area contributed by atoms with Crippen LogP contribution in [0, 0.1) is 0 Å². The van der Waals surface area contributed by atoms with Gasteiger partial charge in [-0.15, -0.1) is 0 Å². The van der Waals surface area contributed by atoms with Gasteiger partial charge in [0.15, 0.2) is 5.82 Å². The number of nitrogens with zero attached hydrogens (tertiary/aromatic N) is 6. The topological polar surface area (TPSA) is 149 Å². The number of likely N-dealkylation sites (N-methyl/N-ethyl adjacent to an activating group) is 1. The van der Waals surface area contributed by atoms with Crippen LogP contribution in [-0.4, -0.2) is 61.1 Å². The molecule has 0 saturated carbocycles. The number of hydrogen-bond acceptors (Lipinski definition) is 7. The van der Waals surface area contributed by atoms with Crippen LogP contribution in [0.2, 0.25) is 0 Å². The summed E-state index contributed by atoms with van der Waals surface area (Å²) >= 11 is 0. The summed E-state index contributed by atoms with van der Waals surface area (Å²) in [5, 5.41) is 11.0. The number of benzene rings is 1. The molecule has 0 aliphatic carbocycles. The summed E-state index contributed by atoms with van der Waals surface area (Å²) in [5.41, 5.74) is 6.62. The highest BCUT2D eigenvalue weighted by Crippen LogP contribution is 2.33. The molecule has 1 amide bonds. The molecule has 16 heteroatoms. The van der Waals surface area contributed by atoms with Crippen molar-refractivity contribution in [2.24, 2.45) is 5.73 Å². The van der Waals surface area contributed by atoms with Crippen LogP contribution < -0.4 is 16.3 Å². The van der Waals surface area contributed by atoms with Gasteiger partial charge in [-0.3, -0.25) is 9.78 Å². The number of aromatic nitrogens is 5. The number of anilines is 1. The largest absolute Gasteiger partial charge is 0.490 e. The number of carboxylic acids is 1. The van der Waals surface area contributed by atoms with E-state index in [2.05, 4.69) is 15.1 Å². The van der Waals surface area contributed by atoms with Crippen LogP contribution in [0.3, 0.4) is 0 Å². The number of amides is 1. The van der Waals surface area contributed by atoms with Crippen LogP contribution in [0.15, 0.2) is 59.4 Å². The van der Waals surface area contributed by atoms with E-state index in [-0.39, 0.29) is 23.8 Å². The van der Waals surface area contributed by atoms with Crippen LogP contribution in [0.4, 0.5) is 27.6 Å². The Hall–Kier alpha value is -4.47. The van der Waals surface area contributed by atoms with Crippen molar-refractivity contribution in [2.75, 3.05) is 18.5 Å². The van der Waals surface area contributed by atoms with Gasteiger partial charge in [-0.2, -0.15) is 27.1 Å². The Bertz CT molecular complexity index is 1410. The van der Waals surface area contributed by atoms with Gasteiger partial charge in [0.25, 0.3) is 6.08 Å². The van der Waals surface area contributed by atoms with Crippen molar-refractivity contribution in [3.8, 4) is 5.82 Å². The van der Waals surface area contributed by atoms with Crippen LogP contribution >= 0.6 is 0 Å². The summed E-state index contributed by atoms with van der Waals surface area (Å²) < 4.78 is 59.3. The molecule has 202 valence electrons. The average Bonchev–Trinajstić information content (AvgIpc) is 3.24. The summed E-state index contributed by atoms with van der Waals surface area (Å²) in [6, 6.07) is 7.65. The maximum Gasteiger partial charge on any atom is 0.490 e. The maximum absolute atomic E-state index is 12.8. The van der Waals surface area contributed by atoms with Crippen LogP contribution in [0.25, 0.3) is 5.82 Å². The molecule has 0 spiro atoms. The minimum absolute atomic E-state index is 0.0971. The Morgan fingerprint density at radius 3 is 2.37 bits per heavy atom. The third-order valence-corrected chi connectivity index (χ3v) is 5.50. The number of nitrogens with two attached hydrogens (primary N) is 1. The lowest BCUT2D eigenvalue weighted by atomic mass is 9.90. The second kappa shape index (κ2) is 11.3. The van der Waals surface area contributed by atoms with Gasteiger partial charge in [0, 0.05) is 24.9 Å². The van der Waals surface area contributed by atoms with Gasteiger partial charge in [-0.25, -0.2) is 23.8 Å². The van der Waals surface area contributed by atoms with Crippen molar-refractivity contribution in [3.05, 3.63) is 76.4 Å². The number of carbonyl (C=O) groups is 2. The van der Waals surface area contributed by atoms with E-state index >= 15 is 0 Å². The average molecular weight is 541 g/mol. The van der Waals surface area contributed by atoms with Crippen LogP contribution in [0.5, 0.6) is 0 Å². The fraction of sp³-hybridized carbons (Fsp3) is 0.273. The quantitative estimate of drug-likeness (QED) is 0.465. The molecule has 1 unspecified atom stereocenters. The Labute approximate surface area is 210 Å². The van der Waals surface area contributed by atoms with Crippen LogP contribution in [0.1, 0.15) is 17.2 Å². The number of halogens is 5. The zero-order valence-corrected chi connectivity index (χ0v) is 19.6. The fourth-order valence-corrected chi connectivity index (χ4v) is 3.52. The molecule has 0 fully saturated rings. The van der Waals surface area contributed by atoms with E-state index in [1.165, 1.54) is 18.7 Å². The second-order valence-electron chi connectivity index (χ2n) is 7.89. The predicted molar refractivity (Wildman–Crippen MR) is 122 cm³/mol. The van der Waals surface area contributed by atoms with Gasteiger partial charge in [0.05, 0.1) is 30.6 Å². The van der Waals surface area contributed by atoms with Crippen molar-refractivity contribution < 1.29 is 36.6 Å². The van der Waals surface area contributed by atoms with Gasteiger partial charge >= 0.3 is 17.8 Å². The van der Waals surface area contributed by atoms with E-state index in [1.54, 1.807) is 11.9 Å². The number of carboxylic acid groups (broad SMARTS) is 1. The van der Waals surface area contributed by atoms with Gasteiger partial charge < -0.3 is 15.7 Å². The van der Waals surface area contributed by atoms with E-state index < -0.39 is 36.4 Å². The zero-order chi connectivity index (χ0) is 28.2. The van der Waals surface area contributed by atoms with Crippen molar-refractivity contribution in [1.29, 1.82) is 0 Å². The third-order valence-electron chi connectivity index (χ3n) is 5.50. The van der Waals surface area contributed by atoms with E-state index in [1.807, 2.05) is 24.3 Å². The SMILES string of the molecule is CN1C(=O)C(c2cnc(-n3cnn(CC(CN)=C(F)F)c3=O)cn2)Cc2ccccc21.O=C(O)C(F)(F)F. The Kier molecular flexibility index (Phi) is 8.35. The minimum Gasteiger partial charge on any atom is -0.475 e. The molecule has 3 N–H and O–H groups in total. The maximum atomic E-state index is 12.8. The molecule has 3 heterocycles. The van der Waals surface area contributed by atoms with Crippen molar-refractivity contribution in [2.45, 2.75) is 25.1 Å². The molecule has 0 bridgehead atoms. The normalized spacial score (nSPS) is 14.9. The van der Waals surface area contributed by atoms with Crippen molar-refractivity contribution in [3.63, 3.8) is 0 Å². The predicted octanol–water partition coefficient (Wildman–Crippen LogP) is 1.87. The summed E-state index contributed by atoms with van der Waals surface area (Å²) in [5.74, 6) is -3.19. The molecule has 2 aromatic heterocycles. The molecule has 1 aromatic carbocycles. The standard InChI is InChI=1S/C20H19F2N7O2.C2HF3O2/c1-27-16-5-3-2-4-12(16)6-14(19(27)30)15-8-25-17(9-24-15)28-11-26-29(20(28)31)10-13(7-23)18(21)22;3-2(4,5)1(6)7/h2-5,8-9,11,14H,6-7,10,23H2,1H3;(H,6,7).